The fourth-order valence-corrected chi connectivity index (χ4v) is 2.34. The van der Waals surface area contributed by atoms with E-state index in [-0.39, 0.29) is 0 Å². The first-order valence-corrected chi connectivity index (χ1v) is 7.00. The molecule has 3 rings (SSSR count). The van der Waals surface area contributed by atoms with Gasteiger partial charge in [0.2, 0.25) is 0 Å². The molecule has 3 aromatic rings. The molecule has 1 heterocycles. The van der Waals surface area contributed by atoms with Gasteiger partial charge in [0, 0.05) is 23.8 Å². The Morgan fingerprint density at radius 1 is 0.950 bits per heavy atom. The SMILES string of the molecule is Clc1ccc(NCc2ccc3ncccc3c2)cc1Cl. The maximum atomic E-state index is 5.99. The molecule has 0 saturated carbocycles. The number of halogens is 2. The van der Waals surface area contributed by atoms with Crippen molar-refractivity contribution >= 4 is 39.8 Å². The third-order valence-electron chi connectivity index (χ3n) is 3.08. The van der Waals surface area contributed by atoms with Crippen LogP contribution in [0, 0.1) is 0 Å². The van der Waals surface area contributed by atoms with Crippen molar-refractivity contribution in [1.82, 2.24) is 4.98 Å². The molecular weight excluding hydrogens is 291 g/mol. The van der Waals surface area contributed by atoms with E-state index in [1.165, 1.54) is 5.56 Å². The van der Waals surface area contributed by atoms with Crippen LogP contribution in [0.5, 0.6) is 0 Å². The maximum absolute atomic E-state index is 5.99. The zero-order valence-corrected chi connectivity index (χ0v) is 12.1. The van der Waals surface area contributed by atoms with Crippen LogP contribution < -0.4 is 5.32 Å². The molecule has 4 heteroatoms. The van der Waals surface area contributed by atoms with Crippen LogP contribution in [0.3, 0.4) is 0 Å². The van der Waals surface area contributed by atoms with Crippen molar-refractivity contribution in [2.24, 2.45) is 0 Å². The molecule has 0 unspecified atom stereocenters. The number of nitrogens with one attached hydrogen (secondary N) is 1. The van der Waals surface area contributed by atoms with Crippen LogP contribution in [-0.2, 0) is 6.54 Å². The van der Waals surface area contributed by atoms with Gasteiger partial charge in [-0.3, -0.25) is 4.98 Å². The molecule has 0 aliphatic carbocycles. The number of benzene rings is 2. The van der Waals surface area contributed by atoms with Crippen molar-refractivity contribution < 1.29 is 0 Å². The highest BCUT2D eigenvalue weighted by Gasteiger charge is 2.00. The van der Waals surface area contributed by atoms with E-state index in [1.54, 1.807) is 12.3 Å². The summed E-state index contributed by atoms with van der Waals surface area (Å²) in [5, 5.41) is 5.59. The summed E-state index contributed by atoms with van der Waals surface area (Å²) in [5.74, 6) is 0. The highest BCUT2D eigenvalue weighted by atomic mass is 35.5. The Bertz CT molecular complexity index is 756. The standard InChI is InChI=1S/C16H12Cl2N2/c17-14-5-4-13(9-15(14)18)20-10-11-3-6-16-12(8-11)2-1-7-19-16/h1-9,20H,10H2. The fraction of sp³-hybridized carbons (Fsp3) is 0.0625. The summed E-state index contributed by atoms with van der Waals surface area (Å²) in [4.78, 5) is 4.31. The summed E-state index contributed by atoms with van der Waals surface area (Å²) in [5.41, 5.74) is 3.15. The van der Waals surface area contributed by atoms with Crippen molar-refractivity contribution in [2.45, 2.75) is 6.54 Å². The van der Waals surface area contributed by atoms with Crippen molar-refractivity contribution in [2.75, 3.05) is 5.32 Å². The van der Waals surface area contributed by atoms with Gasteiger partial charge in [0.1, 0.15) is 0 Å². The molecule has 1 N–H and O–H groups in total. The van der Waals surface area contributed by atoms with Gasteiger partial charge >= 0.3 is 0 Å². The number of pyridine rings is 1. The Morgan fingerprint density at radius 3 is 2.70 bits per heavy atom. The number of aromatic nitrogens is 1. The van der Waals surface area contributed by atoms with Crippen LogP contribution in [0.15, 0.2) is 54.7 Å². The van der Waals surface area contributed by atoms with Crippen molar-refractivity contribution in [3.8, 4) is 0 Å². The molecule has 0 radical (unpaired) electrons. The number of fused-ring (bicyclic) bond motifs is 1. The average Bonchev–Trinajstić information content (AvgIpc) is 2.48. The summed E-state index contributed by atoms with van der Waals surface area (Å²) in [7, 11) is 0. The molecule has 0 aliphatic rings. The largest absolute Gasteiger partial charge is 0.381 e. The summed E-state index contributed by atoms with van der Waals surface area (Å²) in [6.07, 6.45) is 1.80. The minimum atomic E-state index is 0.555. The summed E-state index contributed by atoms with van der Waals surface area (Å²) in [6.45, 7) is 0.725. The Balaban J connectivity index is 1.77. The van der Waals surface area contributed by atoms with Gasteiger partial charge in [0.25, 0.3) is 0 Å². The number of rotatable bonds is 3. The van der Waals surface area contributed by atoms with Gasteiger partial charge < -0.3 is 5.32 Å². The van der Waals surface area contributed by atoms with E-state index in [0.29, 0.717) is 10.0 Å². The molecule has 2 nitrogen and oxygen atoms in total. The second kappa shape index (κ2) is 5.70. The van der Waals surface area contributed by atoms with E-state index < -0.39 is 0 Å². The number of hydrogen-bond acceptors (Lipinski definition) is 2. The van der Waals surface area contributed by atoms with Crippen LogP contribution in [0.25, 0.3) is 10.9 Å². The highest BCUT2D eigenvalue weighted by molar-refractivity contribution is 6.42. The monoisotopic (exact) mass is 302 g/mol. The van der Waals surface area contributed by atoms with E-state index in [2.05, 4.69) is 28.5 Å². The molecular formula is C16H12Cl2N2. The molecule has 20 heavy (non-hydrogen) atoms. The highest BCUT2D eigenvalue weighted by Crippen LogP contribution is 2.25. The number of anilines is 1. The fourth-order valence-electron chi connectivity index (χ4n) is 2.05. The number of hydrogen-bond donors (Lipinski definition) is 1. The molecule has 0 saturated heterocycles. The van der Waals surface area contributed by atoms with Gasteiger partial charge in [-0.2, -0.15) is 0 Å². The minimum absolute atomic E-state index is 0.555. The van der Waals surface area contributed by atoms with Crippen molar-refractivity contribution in [1.29, 1.82) is 0 Å². The summed E-state index contributed by atoms with van der Waals surface area (Å²) < 4.78 is 0. The lowest BCUT2D eigenvalue weighted by Crippen LogP contribution is -1.99. The Hall–Kier alpha value is -1.77. The quantitative estimate of drug-likeness (QED) is 0.723. The van der Waals surface area contributed by atoms with E-state index in [9.17, 15) is 0 Å². The minimum Gasteiger partial charge on any atom is -0.381 e. The van der Waals surface area contributed by atoms with Gasteiger partial charge in [-0.05, 0) is 42.0 Å². The Morgan fingerprint density at radius 2 is 1.85 bits per heavy atom. The van der Waals surface area contributed by atoms with Crippen LogP contribution >= 0.6 is 23.2 Å². The molecule has 0 atom stereocenters. The summed E-state index contributed by atoms with van der Waals surface area (Å²) in [6, 6.07) is 15.8. The summed E-state index contributed by atoms with van der Waals surface area (Å²) >= 11 is 11.9. The van der Waals surface area contributed by atoms with E-state index in [4.69, 9.17) is 23.2 Å². The first-order chi connectivity index (χ1) is 9.72. The smallest absolute Gasteiger partial charge is 0.0702 e. The van der Waals surface area contributed by atoms with Crippen LogP contribution in [0.4, 0.5) is 5.69 Å². The molecule has 0 fully saturated rings. The first-order valence-electron chi connectivity index (χ1n) is 6.25. The second-order valence-corrected chi connectivity index (χ2v) is 5.33. The maximum Gasteiger partial charge on any atom is 0.0702 e. The normalized spacial score (nSPS) is 10.7. The zero-order valence-electron chi connectivity index (χ0n) is 10.6. The second-order valence-electron chi connectivity index (χ2n) is 4.51. The van der Waals surface area contributed by atoms with Crippen molar-refractivity contribution in [3.05, 3.63) is 70.3 Å². The van der Waals surface area contributed by atoms with Gasteiger partial charge in [-0.15, -0.1) is 0 Å². The Labute approximate surface area is 127 Å². The van der Waals surface area contributed by atoms with E-state index in [0.717, 1.165) is 23.1 Å². The van der Waals surface area contributed by atoms with E-state index >= 15 is 0 Å². The Kier molecular flexibility index (Phi) is 3.77. The predicted molar refractivity (Wildman–Crippen MR) is 85.5 cm³/mol. The lowest BCUT2D eigenvalue weighted by molar-refractivity contribution is 1.15. The molecule has 0 aliphatic heterocycles. The third kappa shape index (κ3) is 2.87. The molecule has 0 bridgehead atoms. The van der Waals surface area contributed by atoms with Gasteiger partial charge in [0.15, 0.2) is 0 Å². The van der Waals surface area contributed by atoms with Gasteiger partial charge in [-0.1, -0.05) is 35.3 Å². The molecule has 100 valence electrons. The topological polar surface area (TPSA) is 24.9 Å². The third-order valence-corrected chi connectivity index (χ3v) is 3.82. The molecule has 2 aromatic carbocycles. The van der Waals surface area contributed by atoms with E-state index in [1.807, 2.05) is 24.3 Å². The van der Waals surface area contributed by atoms with Crippen LogP contribution in [-0.4, -0.2) is 4.98 Å². The predicted octanol–water partition coefficient (Wildman–Crippen LogP) is 5.15. The molecule has 0 spiro atoms. The average molecular weight is 303 g/mol. The zero-order chi connectivity index (χ0) is 13.9. The van der Waals surface area contributed by atoms with Gasteiger partial charge in [0.05, 0.1) is 15.6 Å². The first kappa shape index (κ1) is 13.2. The molecule has 0 amide bonds. The molecule has 1 aromatic heterocycles. The lowest BCUT2D eigenvalue weighted by Gasteiger charge is -2.08. The van der Waals surface area contributed by atoms with Gasteiger partial charge in [-0.25, -0.2) is 0 Å². The lowest BCUT2D eigenvalue weighted by atomic mass is 10.1. The van der Waals surface area contributed by atoms with Crippen LogP contribution in [0.2, 0.25) is 10.0 Å². The number of nitrogens with zero attached hydrogens (tertiary/aromatic N) is 1. The van der Waals surface area contributed by atoms with Crippen molar-refractivity contribution in [3.63, 3.8) is 0 Å². The van der Waals surface area contributed by atoms with Crippen LogP contribution in [0.1, 0.15) is 5.56 Å².